The zero-order valence-electron chi connectivity index (χ0n) is 5.80. The normalized spacial score (nSPS) is 23.2. The Morgan fingerprint density at radius 3 is 2.00 bits per heavy atom. The van der Waals surface area contributed by atoms with Crippen LogP contribution in [0.15, 0.2) is 11.5 Å². The predicted octanol–water partition coefficient (Wildman–Crippen LogP) is 0.222. The standard InChI is InChI=1S/C6H9NO3/c1-6(2)4(9)3(8)5(10)7-6/h8-9H,1-2H3,(H,7,10). The first kappa shape index (κ1) is 6.92. The Kier molecular flexibility index (Phi) is 1.14. The van der Waals surface area contributed by atoms with Gasteiger partial charge in [0.05, 0.1) is 5.54 Å². The summed E-state index contributed by atoms with van der Waals surface area (Å²) in [4.78, 5) is 10.6. The first-order chi connectivity index (χ1) is 4.45. The highest BCUT2D eigenvalue weighted by Crippen LogP contribution is 2.21. The van der Waals surface area contributed by atoms with Crippen LogP contribution in [0, 0.1) is 0 Å². The lowest BCUT2D eigenvalue weighted by atomic mass is 10.1. The number of hydrogen-bond acceptors (Lipinski definition) is 3. The van der Waals surface area contributed by atoms with Crippen LogP contribution >= 0.6 is 0 Å². The molecule has 0 saturated carbocycles. The van der Waals surface area contributed by atoms with Gasteiger partial charge in [-0.1, -0.05) is 0 Å². The molecule has 0 unspecified atom stereocenters. The minimum absolute atomic E-state index is 0.294. The van der Waals surface area contributed by atoms with Crippen molar-refractivity contribution < 1.29 is 15.0 Å². The van der Waals surface area contributed by atoms with Crippen molar-refractivity contribution in [2.45, 2.75) is 19.4 Å². The zero-order valence-corrected chi connectivity index (χ0v) is 5.80. The van der Waals surface area contributed by atoms with Crippen LogP contribution in [-0.4, -0.2) is 21.7 Å². The molecule has 0 saturated heterocycles. The summed E-state index contributed by atoms with van der Waals surface area (Å²) >= 11 is 0. The van der Waals surface area contributed by atoms with Crippen LogP contribution in [0.1, 0.15) is 13.8 Å². The number of carbonyl (C=O) groups is 1. The third-order valence-corrected chi connectivity index (χ3v) is 1.46. The molecule has 1 aliphatic rings. The second-order valence-corrected chi connectivity index (χ2v) is 2.78. The largest absolute Gasteiger partial charge is 0.506 e. The van der Waals surface area contributed by atoms with Crippen LogP contribution in [-0.2, 0) is 4.79 Å². The number of aliphatic hydroxyl groups excluding tert-OH is 2. The molecule has 10 heavy (non-hydrogen) atoms. The Morgan fingerprint density at radius 2 is 1.90 bits per heavy atom. The maximum Gasteiger partial charge on any atom is 0.290 e. The molecule has 1 rings (SSSR count). The highest BCUT2D eigenvalue weighted by Gasteiger charge is 2.37. The summed E-state index contributed by atoms with van der Waals surface area (Å²) in [7, 11) is 0. The van der Waals surface area contributed by atoms with Crippen molar-refractivity contribution in [2.75, 3.05) is 0 Å². The second-order valence-electron chi connectivity index (χ2n) is 2.78. The molecule has 0 atom stereocenters. The first-order valence-corrected chi connectivity index (χ1v) is 2.90. The van der Waals surface area contributed by atoms with Crippen molar-refractivity contribution >= 4 is 5.91 Å². The van der Waals surface area contributed by atoms with Gasteiger partial charge in [-0.25, -0.2) is 0 Å². The Labute approximate surface area is 58.2 Å². The average Bonchev–Trinajstić information content (AvgIpc) is 1.95. The lowest BCUT2D eigenvalue weighted by molar-refractivity contribution is -0.119. The van der Waals surface area contributed by atoms with E-state index in [2.05, 4.69) is 5.32 Å². The number of carbonyl (C=O) groups excluding carboxylic acids is 1. The maximum absolute atomic E-state index is 10.6. The second kappa shape index (κ2) is 1.65. The molecule has 0 aliphatic carbocycles. The molecular formula is C6H9NO3. The molecule has 0 aromatic rings. The third kappa shape index (κ3) is 0.725. The smallest absolute Gasteiger partial charge is 0.290 e. The Balaban J connectivity index is 3.06. The minimum Gasteiger partial charge on any atom is -0.506 e. The van der Waals surface area contributed by atoms with Crippen LogP contribution in [0.3, 0.4) is 0 Å². The van der Waals surface area contributed by atoms with Crippen LogP contribution in [0.5, 0.6) is 0 Å². The highest BCUT2D eigenvalue weighted by atomic mass is 16.3. The van der Waals surface area contributed by atoms with Crippen LogP contribution in [0.25, 0.3) is 0 Å². The van der Waals surface area contributed by atoms with Crippen molar-refractivity contribution in [3.63, 3.8) is 0 Å². The monoisotopic (exact) mass is 143 g/mol. The highest BCUT2D eigenvalue weighted by molar-refractivity contribution is 5.95. The molecule has 1 aliphatic heterocycles. The first-order valence-electron chi connectivity index (χ1n) is 2.90. The predicted molar refractivity (Wildman–Crippen MR) is 34.5 cm³/mol. The Bertz CT molecular complexity index is 217. The van der Waals surface area contributed by atoms with Crippen molar-refractivity contribution in [3.05, 3.63) is 11.5 Å². The Morgan fingerprint density at radius 1 is 1.40 bits per heavy atom. The molecule has 1 amide bonds. The van der Waals surface area contributed by atoms with Crippen molar-refractivity contribution in [1.82, 2.24) is 5.32 Å². The average molecular weight is 143 g/mol. The van der Waals surface area contributed by atoms with Gasteiger partial charge in [-0.05, 0) is 13.8 Å². The SMILES string of the molecule is CC1(C)NC(=O)C(O)=C1O. The third-order valence-electron chi connectivity index (χ3n) is 1.46. The van der Waals surface area contributed by atoms with E-state index < -0.39 is 17.2 Å². The molecule has 56 valence electrons. The Hall–Kier alpha value is -1.19. The van der Waals surface area contributed by atoms with E-state index in [1.165, 1.54) is 0 Å². The number of nitrogens with one attached hydrogen (secondary N) is 1. The molecule has 1 heterocycles. The summed E-state index contributed by atoms with van der Waals surface area (Å²) in [5.74, 6) is -1.50. The number of amides is 1. The van der Waals surface area contributed by atoms with Crippen molar-refractivity contribution in [2.24, 2.45) is 0 Å². The fraction of sp³-hybridized carbons (Fsp3) is 0.500. The lowest BCUT2D eigenvalue weighted by Gasteiger charge is -2.16. The number of hydrogen-bond donors (Lipinski definition) is 3. The van der Waals surface area contributed by atoms with Crippen LogP contribution in [0.4, 0.5) is 0 Å². The van der Waals surface area contributed by atoms with Crippen molar-refractivity contribution in [1.29, 1.82) is 0 Å². The van der Waals surface area contributed by atoms with Gasteiger partial charge in [0, 0.05) is 0 Å². The van der Waals surface area contributed by atoms with E-state index in [1.54, 1.807) is 13.8 Å². The fourth-order valence-electron chi connectivity index (χ4n) is 0.806. The summed E-state index contributed by atoms with van der Waals surface area (Å²) < 4.78 is 0. The fourth-order valence-corrected chi connectivity index (χ4v) is 0.806. The molecule has 4 heteroatoms. The summed E-state index contributed by atoms with van der Waals surface area (Å²) in [6, 6.07) is 0. The van der Waals surface area contributed by atoms with Gasteiger partial charge in [0.1, 0.15) is 0 Å². The van der Waals surface area contributed by atoms with Gasteiger partial charge in [0.25, 0.3) is 5.91 Å². The van der Waals surface area contributed by atoms with Crippen LogP contribution < -0.4 is 5.32 Å². The van der Waals surface area contributed by atoms with E-state index in [0.717, 1.165) is 0 Å². The number of rotatable bonds is 0. The molecule has 4 nitrogen and oxygen atoms in total. The number of aliphatic hydroxyl groups is 2. The van der Waals surface area contributed by atoms with E-state index in [0.29, 0.717) is 0 Å². The van der Waals surface area contributed by atoms with Gasteiger partial charge in [-0.3, -0.25) is 4.79 Å². The van der Waals surface area contributed by atoms with Gasteiger partial charge < -0.3 is 15.5 Å². The lowest BCUT2D eigenvalue weighted by Crippen LogP contribution is -2.38. The van der Waals surface area contributed by atoms with E-state index in [9.17, 15) is 4.79 Å². The zero-order chi connectivity index (χ0) is 7.94. The molecule has 0 fully saturated rings. The van der Waals surface area contributed by atoms with Gasteiger partial charge in [0.2, 0.25) is 5.76 Å². The van der Waals surface area contributed by atoms with Gasteiger partial charge in [0.15, 0.2) is 5.76 Å². The summed E-state index contributed by atoms with van der Waals surface area (Å²) in [5.41, 5.74) is -0.818. The van der Waals surface area contributed by atoms with Crippen LogP contribution in [0.2, 0.25) is 0 Å². The molecule has 0 radical (unpaired) electrons. The van der Waals surface area contributed by atoms with E-state index in [4.69, 9.17) is 10.2 Å². The van der Waals surface area contributed by atoms with Gasteiger partial charge >= 0.3 is 0 Å². The van der Waals surface area contributed by atoms with Crippen molar-refractivity contribution in [3.8, 4) is 0 Å². The molecule has 3 N–H and O–H groups in total. The quantitative estimate of drug-likeness (QED) is 0.454. The molecule has 0 spiro atoms. The maximum atomic E-state index is 10.6. The van der Waals surface area contributed by atoms with E-state index >= 15 is 0 Å². The summed E-state index contributed by atoms with van der Waals surface area (Å²) in [5, 5.41) is 20.2. The van der Waals surface area contributed by atoms with Gasteiger partial charge in [-0.15, -0.1) is 0 Å². The topological polar surface area (TPSA) is 69.6 Å². The van der Waals surface area contributed by atoms with E-state index in [-0.39, 0.29) is 5.76 Å². The molecular weight excluding hydrogens is 134 g/mol. The molecule has 0 aromatic carbocycles. The van der Waals surface area contributed by atoms with E-state index in [1.807, 2.05) is 0 Å². The van der Waals surface area contributed by atoms with Gasteiger partial charge in [-0.2, -0.15) is 0 Å². The molecule has 0 aromatic heterocycles. The molecule has 0 bridgehead atoms. The minimum atomic E-state index is -0.818. The summed E-state index contributed by atoms with van der Waals surface area (Å²) in [6.07, 6.45) is 0. The summed E-state index contributed by atoms with van der Waals surface area (Å²) in [6.45, 7) is 3.20.